The van der Waals surface area contributed by atoms with Crippen molar-refractivity contribution in [3.8, 4) is 0 Å². The molecule has 0 radical (unpaired) electrons. The third kappa shape index (κ3) is 11.8. The van der Waals surface area contributed by atoms with Crippen molar-refractivity contribution in [3.05, 3.63) is 0 Å². The Labute approximate surface area is 130 Å². The monoisotopic (exact) mass is 282 g/mol. The average molecular weight is 283 g/mol. The Balaban J connectivity index is 0.000000361. The minimum Gasteiger partial charge on any atom is -0.0654 e. The summed E-state index contributed by atoms with van der Waals surface area (Å²) in [4.78, 5) is 0. The number of rotatable bonds is 11. The maximum Gasteiger partial charge on any atom is -0.0388 e. The van der Waals surface area contributed by atoms with Gasteiger partial charge in [0.1, 0.15) is 0 Å². The van der Waals surface area contributed by atoms with Crippen molar-refractivity contribution in [2.24, 2.45) is 11.8 Å². The Morgan fingerprint density at radius 1 is 0.600 bits per heavy atom. The van der Waals surface area contributed by atoms with E-state index in [1.165, 1.54) is 89.9 Å². The molecule has 0 aliphatic heterocycles. The number of hydrogen-bond donors (Lipinski definition) is 0. The van der Waals surface area contributed by atoms with Crippen LogP contribution in [0.2, 0.25) is 0 Å². The van der Waals surface area contributed by atoms with Gasteiger partial charge in [-0.3, -0.25) is 0 Å². The summed E-state index contributed by atoms with van der Waals surface area (Å²) in [7, 11) is 0. The zero-order valence-corrected chi connectivity index (χ0v) is 15.1. The van der Waals surface area contributed by atoms with Gasteiger partial charge in [0.15, 0.2) is 0 Å². The normalized spacial score (nSPS) is 21.0. The zero-order chi connectivity index (χ0) is 15.1. The molecule has 0 nitrogen and oxygen atoms in total. The Morgan fingerprint density at radius 3 is 1.40 bits per heavy atom. The first kappa shape index (κ1) is 20.0. The number of hydrogen-bond acceptors (Lipinski definition) is 0. The summed E-state index contributed by atoms with van der Waals surface area (Å²) >= 11 is 0. The molecule has 2 atom stereocenters. The van der Waals surface area contributed by atoms with Gasteiger partial charge in [-0.25, -0.2) is 0 Å². The van der Waals surface area contributed by atoms with Gasteiger partial charge in [-0.05, 0) is 18.3 Å². The van der Waals surface area contributed by atoms with Gasteiger partial charge >= 0.3 is 0 Å². The predicted molar refractivity (Wildman–Crippen MR) is 94.3 cm³/mol. The second kappa shape index (κ2) is 15.4. The molecule has 0 N–H and O–H groups in total. The van der Waals surface area contributed by atoms with Gasteiger partial charge in [0.2, 0.25) is 0 Å². The van der Waals surface area contributed by atoms with E-state index in [0.717, 1.165) is 11.8 Å². The number of unbranched alkanes of at least 4 members (excludes halogenated alkanes) is 9. The Morgan fingerprint density at radius 2 is 1.05 bits per heavy atom. The molecule has 122 valence electrons. The van der Waals surface area contributed by atoms with Crippen molar-refractivity contribution in [2.45, 2.75) is 118 Å². The minimum atomic E-state index is 1.05. The predicted octanol–water partition coefficient (Wildman–Crippen LogP) is 7.76. The van der Waals surface area contributed by atoms with Crippen LogP contribution in [0, 0.1) is 11.8 Å². The van der Waals surface area contributed by atoms with E-state index in [9.17, 15) is 0 Å². The van der Waals surface area contributed by atoms with Crippen LogP contribution in [0.25, 0.3) is 0 Å². The van der Waals surface area contributed by atoms with Crippen LogP contribution in [0.4, 0.5) is 0 Å². The lowest BCUT2D eigenvalue weighted by Crippen LogP contribution is -2.22. The first-order valence-corrected chi connectivity index (χ1v) is 9.76. The summed E-state index contributed by atoms with van der Waals surface area (Å²) in [6, 6.07) is 0. The van der Waals surface area contributed by atoms with Gasteiger partial charge in [-0.1, -0.05) is 111 Å². The van der Waals surface area contributed by atoms with Gasteiger partial charge in [0.05, 0.1) is 0 Å². The third-order valence-electron chi connectivity index (χ3n) is 4.93. The summed E-state index contributed by atoms with van der Waals surface area (Å²) in [6.07, 6.45) is 20.3. The highest BCUT2D eigenvalue weighted by molar-refractivity contribution is 4.76. The second-order valence-corrected chi connectivity index (χ2v) is 6.93. The average Bonchev–Trinajstić information content (AvgIpc) is 2.46. The van der Waals surface area contributed by atoms with Crippen molar-refractivity contribution >= 4 is 0 Å². The molecule has 2 unspecified atom stereocenters. The molecular weight excluding hydrogens is 240 g/mol. The third-order valence-corrected chi connectivity index (χ3v) is 4.93. The van der Waals surface area contributed by atoms with E-state index >= 15 is 0 Å². The van der Waals surface area contributed by atoms with Crippen molar-refractivity contribution in [3.63, 3.8) is 0 Å². The largest absolute Gasteiger partial charge is 0.0654 e. The molecule has 0 aromatic rings. The standard InChI is InChI=1S/C10H20.C10H22/c1-3-4-5-6-10-8-7-9(10)2;1-3-5-7-9-10-8-6-4-2/h9-10H,3-8H2,1-2H3;3-10H2,1-2H3. The van der Waals surface area contributed by atoms with Gasteiger partial charge < -0.3 is 0 Å². The van der Waals surface area contributed by atoms with E-state index in [4.69, 9.17) is 0 Å². The maximum absolute atomic E-state index is 2.40. The van der Waals surface area contributed by atoms with Crippen molar-refractivity contribution in [1.29, 1.82) is 0 Å². The van der Waals surface area contributed by atoms with Crippen LogP contribution in [0.15, 0.2) is 0 Å². The van der Waals surface area contributed by atoms with Gasteiger partial charge in [0, 0.05) is 0 Å². The summed E-state index contributed by atoms with van der Waals surface area (Å²) in [6.45, 7) is 9.22. The summed E-state index contributed by atoms with van der Waals surface area (Å²) < 4.78 is 0. The van der Waals surface area contributed by atoms with Crippen LogP contribution in [0.1, 0.15) is 118 Å². The topological polar surface area (TPSA) is 0 Å². The molecule has 1 rings (SSSR count). The molecule has 0 aromatic carbocycles. The first-order valence-electron chi connectivity index (χ1n) is 9.76. The van der Waals surface area contributed by atoms with Crippen LogP contribution in [-0.2, 0) is 0 Å². The minimum absolute atomic E-state index is 1.05. The molecule has 0 heterocycles. The Hall–Kier alpha value is 0. The molecule has 0 bridgehead atoms. The highest BCUT2D eigenvalue weighted by atomic mass is 14.3. The fourth-order valence-electron chi connectivity index (χ4n) is 3.03. The zero-order valence-electron chi connectivity index (χ0n) is 15.1. The molecule has 1 saturated carbocycles. The molecule has 0 spiro atoms. The van der Waals surface area contributed by atoms with Crippen LogP contribution in [-0.4, -0.2) is 0 Å². The quantitative estimate of drug-likeness (QED) is 0.340. The van der Waals surface area contributed by atoms with Crippen molar-refractivity contribution < 1.29 is 0 Å². The van der Waals surface area contributed by atoms with E-state index in [0.29, 0.717) is 0 Å². The molecule has 0 saturated heterocycles. The lowest BCUT2D eigenvalue weighted by molar-refractivity contribution is 0.179. The Kier molecular flexibility index (Phi) is 15.4. The smallest absolute Gasteiger partial charge is 0.0388 e. The molecular formula is C20H42. The van der Waals surface area contributed by atoms with Gasteiger partial charge in [-0.2, -0.15) is 0 Å². The van der Waals surface area contributed by atoms with Gasteiger partial charge in [0.25, 0.3) is 0 Å². The highest BCUT2D eigenvalue weighted by Gasteiger charge is 2.25. The maximum atomic E-state index is 2.40. The van der Waals surface area contributed by atoms with Crippen LogP contribution in [0.5, 0.6) is 0 Å². The van der Waals surface area contributed by atoms with Crippen LogP contribution in [0.3, 0.4) is 0 Å². The van der Waals surface area contributed by atoms with E-state index in [1.807, 2.05) is 0 Å². The fraction of sp³-hybridized carbons (Fsp3) is 1.00. The Bertz CT molecular complexity index is 165. The highest BCUT2D eigenvalue weighted by Crippen LogP contribution is 2.37. The van der Waals surface area contributed by atoms with Crippen molar-refractivity contribution in [1.82, 2.24) is 0 Å². The van der Waals surface area contributed by atoms with Crippen LogP contribution >= 0.6 is 0 Å². The van der Waals surface area contributed by atoms with E-state index in [2.05, 4.69) is 27.7 Å². The lowest BCUT2D eigenvalue weighted by Gasteiger charge is -2.33. The molecule has 0 amide bonds. The summed E-state index contributed by atoms with van der Waals surface area (Å²) in [5, 5.41) is 0. The summed E-state index contributed by atoms with van der Waals surface area (Å²) in [5.74, 6) is 2.16. The second-order valence-electron chi connectivity index (χ2n) is 6.93. The SMILES string of the molecule is CCCCCC1CCC1C.CCCCCCCCCC. The van der Waals surface area contributed by atoms with Crippen molar-refractivity contribution in [2.75, 3.05) is 0 Å². The molecule has 0 aromatic heterocycles. The van der Waals surface area contributed by atoms with E-state index < -0.39 is 0 Å². The molecule has 1 fully saturated rings. The lowest BCUT2D eigenvalue weighted by atomic mass is 9.72. The van der Waals surface area contributed by atoms with Gasteiger partial charge in [-0.15, -0.1) is 0 Å². The molecule has 0 heteroatoms. The summed E-state index contributed by atoms with van der Waals surface area (Å²) in [5.41, 5.74) is 0. The molecule has 1 aliphatic carbocycles. The van der Waals surface area contributed by atoms with E-state index in [-0.39, 0.29) is 0 Å². The molecule has 1 aliphatic rings. The fourth-order valence-corrected chi connectivity index (χ4v) is 3.03. The van der Waals surface area contributed by atoms with Crippen LogP contribution < -0.4 is 0 Å². The first-order chi connectivity index (χ1) is 9.76. The van der Waals surface area contributed by atoms with E-state index in [1.54, 1.807) is 0 Å². The molecule has 20 heavy (non-hydrogen) atoms.